The SMILES string of the molecule is Cc1ccc(OC2CCN(C(=O)C[C@@H]3CCC[C@H]3N)CC2)cc1. The summed E-state index contributed by atoms with van der Waals surface area (Å²) in [4.78, 5) is 14.4. The van der Waals surface area contributed by atoms with Gasteiger partial charge in [-0.05, 0) is 37.8 Å². The smallest absolute Gasteiger partial charge is 0.222 e. The molecule has 0 spiro atoms. The second-order valence-corrected chi connectivity index (χ2v) is 7.07. The van der Waals surface area contributed by atoms with Gasteiger partial charge in [-0.3, -0.25) is 4.79 Å². The maximum Gasteiger partial charge on any atom is 0.222 e. The number of amides is 1. The lowest BCUT2D eigenvalue weighted by Crippen LogP contribution is -2.43. The number of nitrogens with two attached hydrogens (primary N) is 1. The average Bonchev–Trinajstić information content (AvgIpc) is 2.95. The molecule has 2 aliphatic rings. The Labute approximate surface area is 139 Å². The molecule has 0 aromatic heterocycles. The van der Waals surface area contributed by atoms with E-state index < -0.39 is 0 Å². The zero-order valence-electron chi connectivity index (χ0n) is 14.0. The molecule has 23 heavy (non-hydrogen) atoms. The van der Waals surface area contributed by atoms with E-state index in [1.54, 1.807) is 0 Å². The minimum atomic E-state index is 0.218. The lowest BCUT2D eigenvalue weighted by molar-refractivity contribution is -0.134. The Morgan fingerprint density at radius 1 is 1.17 bits per heavy atom. The molecule has 4 heteroatoms. The largest absolute Gasteiger partial charge is 0.490 e. The summed E-state index contributed by atoms with van der Waals surface area (Å²) in [5.74, 6) is 1.60. The number of benzene rings is 1. The number of hydrogen-bond donors (Lipinski definition) is 1. The molecular formula is C19H28N2O2. The minimum Gasteiger partial charge on any atom is -0.490 e. The minimum absolute atomic E-state index is 0.218. The van der Waals surface area contributed by atoms with E-state index in [4.69, 9.17) is 10.5 Å². The van der Waals surface area contributed by atoms with Crippen LogP contribution in [0.2, 0.25) is 0 Å². The van der Waals surface area contributed by atoms with E-state index in [1.807, 2.05) is 17.0 Å². The van der Waals surface area contributed by atoms with Gasteiger partial charge >= 0.3 is 0 Å². The van der Waals surface area contributed by atoms with Crippen molar-refractivity contribution >= 4 is 5.91 Å². The molecule has 1 aromatic carbocycles. The first kappa shape index (κ1) is 16.3. The summed E-state index contributed by atoms with van der Waals surface area (Å²) >= 11 is 0. The van der Waals surface area contributed by atoms with E-state index in [-0.39, 0.29) is 18.1 Å². The van der Waals surface area contributed by atoms with Crippen LogP contribution in [0.5, 0.6) is 5.75 Å². The highest BCUT2D eigenvalue weighted by atomic mass is 16.5. The molecule has 4 nitrogen and oxygen atoms in total. The predicted molar refractivity (Wildman–Crippen MR) is 91.3 cm³/mol. The molecule has 0 unspecified atom stereocenters. The topological polar surface area (TPSA) is 55.6 Å². The first-order chi connectivity index (χ1) is 11.1. The molecular weight excluding hydrogens is 288 g/mol. The highest BCUT2D eigenvalue weighted by Crippen LogP contribution is 2.28. The lowest BCUT2D eigenvalue weighted by atomic mass is 9.98. The second kappa shape index (κ2) is 7.35. The maximum absolute atomic E-state index is 12.4. The van der Waals surface area contributed by atoms with Gasteiger partial charge in [-0.25, -0.2) is 0 Å². The fourth-order valence-corrected chi connectivity index (χ4v) is 3.70. The number of likely N-dealkylation sites (tertiary alicyclic amines) is 1. The molecule has 0 radical (unpaired) electrons. The monoisotopic (exact) mass is 316 g/mol. The molecule has 0 bridgehead atoms. The number of ether oxygens (including phenoxy) is 1. The van der Waals surface area contributed by atoms with Gasteiger partial charge in [0.15, 0.2) is 0 Å². The third-order valence-corrected chi connectivity index (χ3v) is 5.27. The van der Waals surface area contributed by atoms with Gasteiger partial charge < -0.3 is 15.4 Å². The molecule has 1 heterocycles. The second-order valence-electron chi connectivity index (χ2n) is 7.07. The Kier molecular flexibility index (Phi) is 5.21. The molecule has 2 fully saturated rings. The summed E-state index contributed by atoms with van der Waals surface area (Å²) in [6.07, 6.45) is 6.03. The van der Waals surface area contributed by atoms with Crippen LogP contribution in [0.4, 0.5) is 0 Å². The summed E-state index contributed by atoms with van der Waals surface area (Å²) in [5.41, 5.74) is 7.32. The van der Waals surface area contributed by atoms with E-state index in [0.717, 1.165) is 44.5 Å². The van der Waals surface area contributed by atoms with E-state index in [9.17, 15) is 4.79 Å². The molecule has 1 amide bonds. The highest BCUT2D eigenvalue weighted by molar-refractivity contribution is 5.76. The summed E-state index contributed by atoms with van der Waals surface area (Å²) in [6.45, 7) is 3.68. The van der Waals surface area contributed by atoms with Gasteiger partial charge in [0.1, 0.15) is 11.9 Å². The average molecular weight is 316 g/mol. The van der Waals surface area contributed by atoms with E-state index >= 15 is 0 Å². The zero-order chi connectivity index (χ0) is 16.2. The molecule has 3 rings (SSSR count). The Morgan fingerprint density at radius 2 is 1.87 bits per heavy atom. The summed E-state index contributed by atoms with van der Waals surface area (Å²) in [7, 11) is 0. The standard InChI is InChI=1S/C19H28N2O2/c1-14-5-7-16(8-6-14)23-17-9-11-21(12-10-17)19(22)13-15-3-2-4-18(15)20/h5-8,15,17-18H,2-4,9-13,20H2,1H3/t15-,18+/m0/s1. The Balaban J connectivity index is 1.44. The fourth-order valence-electron chi connectivity index (χ4n) is 3.70. The van der Waals surface area contributed by atoms with Crippen molar-refractivity contribution in [1.82, 2.24) is 4.90 Å². The van der Waals surface area contributed by atoms with Crippen molar-refractivity contribution in [2.75, 3.05) is 13.1 Å². The molecule has 1 saturated heterocycles. The van der Waals surface area contributed by atoms with Crippen LogP contribution in [0.3, 0.4) is 0 Å². The number of aryl methyl sites for hydroxylation is 1. The third kappa shape index (κ3) is 4.25. The van der Waals surface area contributed by atoms with Crippen molar-refractivity contribution in [2.24, 2.45) is 11.7 Å². The van der Waals surface area contributed by atoms with Crippen molar-refractivity contribution in [3.63, 3.8) is 0 Å². The number of hydrogen-bond acceptors (Lipinski definition) is 3. The van der Waals surface area contributed by atoms with Crippen LogP contribution < -0.4 is 10.5 Å². The van der Waals surface area contributed by atoms with E-state index in [2.05, 4.69) is 19.1 Å². The van der Waals surface area contributed by atoms with Crippen molar-refractivity contribution < 1.29 is 9.53 Å². The summed E-state index contributed by atoms with van der Waals surface area (Å²) in [6, 6.07) is 8.40. The van der Waals surface area contributed by atoms with Crippen molar-refractivity contribution in [2.45, 2.75) is 57.6 Å². The molecule has 1 aromatic rings. The summed E-state index contributed by atoms with van der Waals surface area (Å²) in [5, 5.41) is 0. The summed E-state index contributed by atoms with van der Waals surface area (Å²) < 4.78 is 6.03. The van der Waals surface area contributed by atoms with Gasteiger partial charge in [0.2, 0.25) is 5.91 Å². The number of rotatable bonds is 4. The molecule has 1 aliphatic heterocycles. The first-order valence-corrected chi connectivity index (χ1v) is 8.88. The number of carbonyl (C=O) groups is 1. The molecule has 2 N–H and O–H groups in total. The number of nitrogens with zero attached hydrogens (tertiary/aromatic N) is 1. The van der Waals surface area contributed by atoms with Gasteiger partial charge in [-0.2, -0.15) is 0 Å². The lowest BCUT2D eigenvalue weighted by Gasteiger charge is -2.33. The fraction of sp³-hybridized carbons (Fsp3) is 0.632. The third-order valence-electron chi connectivity index (χ3n) is 5.27. The molecule has 126 valence electrons. The van der Waals surface area contributed by atoms with Gasteiger partial charge in [0.25, 0.3) is 0 Å². The van der Waals surface area contributed by atoms with Crippen LogP contribution in [0.15, 0.2) is 24.3 Å². The molecule has 1 saturated carbocycles. The van der Waals surface area contributed by atoms with Crippen molar-refractivity contribution in [3.8, 4) is 5.75 Å². The number of carbonyl (C=O) groups excluding carboxylic acids is 1. The van der Waals surface area contributed by atoms with Gasteiger partial charge in [0, 0.05) is 38.4 Å². The number of piperidine rings is 1. The Hall–Kier alpha value is -1.55. The van der Waals surface area contributed by atoms with E-state index in [0.29, 0.717) is 12.3 Å². The van der Waals surface area contributed by atoms with E-state index in [1.165, 1.54) is 12.0 Å². The van der Waals surface area contributed by atoms with Crippen LogP contribution in [-0.2, 0) is 4.79 Å². The Morgan fingerprint density at radius 3 is 2.48 bits per heavy atom. The quantitative estimate of drug-likeness (QED) is 0.929. The van der Waals surface area contributed by atoms with Crippen LogP contribution >= 0.6 is 0 Å². The van der Waals surface area contributed by atoms with Crippen LogP contribution in [0.1, 0.15) is 44.1 Å². The van der Waals surface area contributed by atoms with Crippen LogP contribution in [0, 0.1) is 12.8 Å². The van der Waals surface area contributed by atoms with Gasteiger partial charge in [-0.15, -0.1) is 0 Å². The normalized spacial score (nSPS) is 25.6. The van der Waals surface area contributed by atoms with Gasteiger partial charge in [0.05, 0.1) is 0 Å². The maximum atomic E-state index is 12.4. The highest BCUT2D eigenvalue weighted by Gasteiger charge is 2.30. The zero-order valence-corrected chi connectivity index (χ0v) is 14.0. The molecule has 2 atom stereocenters. The molecule has 1 aliphatic carbocycles. The van der Waals surface area contributed by atoms with Gasteiger partial charge in [-0.1, -0.05) is 24.1 Å². The first-order valence-electron chi connectivity index (χ1n) is 8.88. The predicted octanol–water partition coefficient (Wildman–Crippen LogP) is 2.88. The van der Waals surface area contributed by atoms with Crippen molar-refractivity contribution in [1.29, 1.82) is 0 Å². The van der Waals surface area contributed by atoms with Crippen molar-refractivity contribution in [3.05, 3.63) is 29.8 Å². The van der Waals surface area contributed by atoms with Crippen LogP contribution in [0.25, 0.3) is 0 Å². The van der Waals surface area contributed by atoms with Crippen LogP contribution in [-0.4, -0.2) is 36.0 Å². The Bertz CT molecular complexity index is 521.